The van der Waals surface area contributed by atoms with Crippen LogP contribution in [0.1, 0.15) is 18.2 Å². The molecule has 6 heteroatoms. The van der Waals surface area contributed by atoms with Gasteiger partial charge in [-0.3, -0.25) is 4.68 Å². The molecular formula is C13H16ClF2N3. The topological polar surface area (TPSA) is 29.9 Å². The number of hydrogen-bond acceptors (Lipinski definition) is 2. The van der Waals surface area contributed by atoms with Crippen LogP contribution in [0.5, 0.6) is 0 Å². The molecule has 0 atom stereocenters. The van der Waals surface area contributed by atoms with Crippen molar-refractivity contribution in [1.29, 1.82) is 0 Å². The molecular weight excluding hydrogens is 272 g/mol. The third-order valence-electron chi connectivity index (χ3n) is 2.76. The molecule has 0 amide bonds. The largest absolute Gasteiger partial charge is 0.307 e. The van der Waals surface area contributed by atoms with Crippen LogP contribution in [0.15, 0.2) is 30.5 Å². The van der Waals surface area contributed by atoms with Gasteiger partial charge in [-0.25, -0.2) is 8.78 Å². The Morgan fingerprint density at radius 1 is 1.21 bits per heavy atom. The SMILES string of the molecule is CCn1nccc1CNCc1cccc(F)c1F.Cl. The van der Waals surface area contributed by atoms with E-state index in [-0.39, 0.29) is 12.4 Å². The van der Waals surface area contributed by atoms with Gasteiger partial charge >= 0.3 is 0 Å². The maximum atomic E-state index is 13.4. The van der Waals surface area contributed by atoms with E-state index in [9.17, 15) is 8.78 Å². The van der Waals surface area contributed by atoms with E-state index in [4.69, 9.17) is 0 Å². The predicted molar refractivity (Wildman–Crippen MR) is 72.1 cm³/mol. The van der Waals surface area contributed by atoms with Crippen LogP contribution in [-0.4, -0.2) is 9.78 Å². The molecule has 0 saturated heterocycles. The molecule has 2 aromatic rings. The van der Waals surface area contributed by atoms with Gasteiger partial charge in [-0.1, -0.05) is 12.1 Å². The maximum Gasteiger partial charge on any atom is 0.163 e. The van der Waals surface area contributed by atoms with E-state index in [1.54, 1.807) is 12.3 Å². The lowest BCUT2D eigenvalue weighted by Crippen LogP contribution is -2.17. The molecule has 1 heterocycles. The molecule has 0 aliphatic carbocycles. The van der Waals surface area contributed by atoms with Gasteiger partial charge in [0.05, 0.1) is 5.69 Å². The molecule has 1 N–H and O–H groups in total. The second-order valence-electron chi connectivity index (χ2n) is 3.95. The standard InChI is InChI=1S/C13H15F2N3.ClH/c1-2-18-11(6-7-17-18)9-16-8-10-4-3-5-12(14)13(10)15;/h3-7,16H,2,8-9H2,1H3;1H. The fourth-order valence-corrected chi connectivity index (χ4v) is 1.81. The Morgan fingerprint density at radius 3 is 2.74 bits per heavy atom. The first-order chi connectivity index (χ1) is 8.72. The Morgan fingerprint density at radius 2 is 2.00 bits per heavy atom. The van der Waals surface area contributed by atoms with E-state index in [2.05, 4.69) is 10.4 Å². The molecule has 19 heavy (non-hydrogen) atoms. The highest BCUT2D eigenvalue weighted by atomic mass is 35.5. The van der Waals surface area contributed by atoms with Crippen molar-refractivity contribution in [2.75, 3.05) is 0 Å². The van der Waals surface area contributed by atoms with Crippen LogP contribution < -0.4 is 5.32 Å². The molecule has 1 aromatic carbocycles. The number of nitrogens with one attached hydrogen (secondary N) is 1. The van der Waals surface area contributed by atoms with Crippen LogP contribution in [0.3, 0.4) is 0 Å². The fraction of sp³-hybridized carbons (Fsp3) is 0.308. The first kappa shape index (κ1) is 15.6. The van der Waals surface area contributed by atoms with Crippen LogP contribution in [0.2, 0.25) is 0 Å². The van der Waals surface area contributed by atoms with Crippen LogP contribution in [0.4, 0.5) is 8.78 Å². The van der Waals surface area contributed by atoms with Crippen molar-refractivity contribution < 1.29 is 8.78 Å². The summed E-state index contributed by atoms with van der Waals surface area (Å²) in [6.07, 6.45) is 1.73. The lowest BCUT2D eigenvalue weighted by Gasteiger charge is -2.08. The molecule has 0 aliphatic heterocycles. The number of rotatable bonds is 5. The van der Waals surface area contributed by atoms with Gasteiger partial charge in [-0.2, -0.15) is 5.10 Å². The lowest BCUT2D eigenvalue weighted by molar-refractivity contribution is 0.490. The minimum atomic E-state index is -0.812. The Kier molecular flexibility index (Phi) is 5.92. The van der Waals surface area contributed by atoms with E-state index in [0.29, 0.717) is 18.7 Å². The number of hydrogen-bond donors (Lipinski definition) is 1. The van der Waals surface area contributed by atoms with Crippen molar-refractivity contribution in [3.63, 3.8) is 0 Å². The van der Waals surface area contributed by atoms with Crippen LogP contribution >= 0.6 is 12.4 Å². The van der Waals surface area contributed by atoms with Gasteiger partial charge in [0.15, 0.2) is 11.6 Å². The third-order valence-corrected chi connectivity index (χ3v) is 2.76. The first-order valence-electron chi connectivity index (χ1n) is 5.86. The molecule has 2 rings (SSSR count). The second-order valence-corrected chi connectivity index (χ2v) is 3.95. The minimum Gasteiger partial charge on any atom is -0.307 e. The molecule has 0 unspecified atom stereocenters. The third kappa shape index (κ3) is 3.75. The molecule has 0 bridgehead atoms. The highest BCUT2D eigenvalue weighted by Gasteiger charge is 2.07. The molecule has 1 aromatic heterocycles. The average Bonchev–Trinajstić information content (AvgIpc) is 2.82. The Balaban J connectivity index is 0.00000180. The van der Waals surface area contributed by atoms with Crippen LogP contribution in [0, 0.1) is 11.6 Å². The summed E-state index contributed by atoms with van der Waals surface area (Å²) in [5, 5.41) is 7.21. The summed E-state index contributed by atoms with van der Waals surface area (Å²) in [5.74, 6) is -1.60. The van der Waals surface area contributed by atoms with E-state index in [1.165, 1.54) is 6.07 Å². The zero-order chi connectivity index (χ0) is 13.0. The van der Waals surface area contributed by atoms with Gasteiger partial charge < -0.3 is 5.32 Å². The van der Waals surface area contributed by atoms with Crippen LogP contribution in [-0.2, 0) is 19.6 Å². The van der Waals surface area contributed by atoms with E-state index in [1.807, 2.05) is 17.7 Å². The van der Waals surface area contributed by atoms with E-state index in [0.717, 1.165) is 18.3 Å². The highest BCUT2D eigenvalue weighted by molar-refractivity contribution is 5.85. The quantitative estimate of drug-likeness (QED) is 0.916. The summed E-state index contributed by atoms with van der Waals surface area (Å²) >= 11 is 0. The van der Waals surface area contributed by atoms with Gasteiger partial charge in [-0.05, 0) is 19.1 Å². The Labute approximate surface area is 117 Å². The predicted octanol–water partition coefficient (Wildman–Crippen LogP) is 2.89. The van der Waals surface area contributed by atoms with Crippen molar-refractivity contribution in [1.82, 2.24) is 15.1 Å². The molecule has 0 aliphatic rings. The zero-order valence-corrected chi connectivity index (χ0v) is 11.4. The number of halogens is 3. The summed E-state index contributed by atoms with van der Waals surface area (Å²) in [6.45, 7) is 3.66. The maximum absolute atomic E-state index is 13.4. The average molecular weight is 288 g/mol. The van der Waals surface area contributed by atoms with Crippen molar-refractivity contribution >= 4 is 12.4 Å². The number of aromatic nitrogens is 2. The monoisotopic (exact) mass is 287 g/mol. The van der Waals surface area contributed by atoms with Gasteiger partial charge in [0.2, 0.25) is 0 Å². The van der Waals surface area contributed by atoms with Gasteiger partial charge in [-0.15, -0.1) is 12.4 Å². The molecule has 0 saturated carbocycles. The molecule has 104 valence electrons. The molecule has 0 spiro atoms. The summed E-state index contributed by atoms with van der Waals surface area (Å²) in [6, 6.07) is 6.09. The second kappa shape index (κ2) is 7.21. The summed E-state index contributed by atoms with van der Waals surface area (Å²) < 4.78 is 28.2. The summed E-state index contributed by atoms with van der Waals surface area (Å²) in [7, 11) is 0. The summed E-state index contributed by atoms with van der Waals surface area (Å²) in [4.78, 5) is 0. The highest BCUT2D eigenvalue weighted by Crippen LogP contribution is 2.11. The summed E-state index contributed by atoms with van der Waals surface area (Å²) in [5.41, 5.74) is 1.35. The first-order valence-corrected chi connectivity index (χ1v) is 5.86. The smallest absolute Gasteiger partial charge is 0.163 e. The number of nitrogens with zero attached hydrogens (tertiary/aromatic N) is 2. The number of benzene rings is 1. The molecule has 0 radical (unpaired) electrons. The normalized spacial score (nSPS) is 10.3. The van der Waals surface area contributed by atoms with E-state index < -0.39 is 11.6 Å². The molecule has 0 fully saturated rings. The van der Waals surface area contributed by atoms with Crippen molar-refractivity contribution in [2.45, 2.75) is 26.6 Å². The van der Waals surface area contributed by atoms with Gasteiger partial charge in [0.1, 0.15) is 0 Å². The molecule has 3 nitrogen and oxygen atoms in total. The van der Waals surface area contributed by atoms with Gasteiger partial charge in [0.25, 0.3) is 0 Å². The Hall–Kier alpha value is -1.46. The lowest BCUT2D eigenvalue weighted by atomic mass is 10.2. The fourth-order valence-electron chi connectivity index (χ4n) is 1.81. The zero-order valence-electron chi connectivity index (χ0n) is 10.6. The minimum absolute atomic E-state index is 0. The van der Waals surface area contributed by atoms with Gasteiger partial charge in [0, 0.05) is 31.4 Å². The Bertz CT molecular complexity index is 528. The van der Waals surface area contributed by atoms with Crippen LogP contribution in [0.25, 0.3) is 0 Å². The number of aryl methyl sites for hydroxylation is 1. The van der Waals surface area contributed by atoms with Crippen molar-refractivity contribution in [3.8, 4) is 0 Å². The van der Waals surface area contributed by atoms with E-state index >= 15 is 0 Å². The van der Waals surface area contributed by atoms with Crippen molar-refractivity contribution in [2.24, 2.45) is 0 Å². The van der Waals surface area contributed by atoms with Crippen molar-refractivity contribution in [3.05, 3.63) is 53.4 Å².